The van der Waals surface area contributed by atoms with Gasteiger partial charge < -0.3 is 14.9 Å². The van der Waals surface area contributed by atoms with E-state index >= 15 is 4.79 Å². The normalized spacial score (nSPS) is 43.5. The number of benzene rings is 2. The van der Waals surface area contributed by atoms with Crippen LogP contribution in [-0.2, 0) is 20.4 Å². The molecule has 2 spiro atoms. The van der Waals surface area contributed by atoms with Crippen LogP contribution in [0.4, 0.5) is 11.4 Å². The average Bonchev–Trinajstić information content (AvgIpc) is 3.86. The van der Waals surface area contributed by atoms with Crippen LogP contribution in [0.2, 0.25) is 0 Å². The van der Waals surface area contributed by atoms with E-state index in [4.69, 9.17) is 0 Å². The number of piperidine rings is 2. The number of hydrogen-bond donors (Lipinski definition) is 1. The van der Waals surface area contributed by atoms with Gasteiger partial charge in [-0.05, 0) is 73.9 Å². The summed E-state index contributed by atoms with van der Waals surface area (Å²) in [5, 5.41) is 10.2. The number of carbonyl (C=O) groups is 2. The Hall–Kier alpha value is -3.78. The Morgan fingerprint density at radius 1 is 0.918 bits per heavy atom. The van der Waals surface area contributed by atoms with Crippen LogP contribution in [0.5, 0.6) is 0 Å². The monoisotopic (exact) mass is 650 g/mol. The minimum absolute atomic E-state index is 0.0119. The summed E-state index contributed by atoms with van der Waals surface area (Å²) in [7, 11) is 0. The third-order valence-corrected chi connectivity index (χ3v) is 15.5. The first-order valence-corrected chi connectivity index (χ1v) is 18.7. The summed E-state index contributed by atoms with van der Waals surface area (Å²) in [6, 6.07) is 18.3. The van der Waals surface area contributed by atoms with Crippen molar-refractivity contribution in [1.29, 1.82) is 0 Å². The highest BCUT2D eigenvalue weighted by Gasteiger charge is 2.72. The van der Waals surface area contributed by atoms with Crippen LogP contribution < -0.4 is 9.80 Å². The maximum Gasteiger partial charge on any atom is 0.255 e. The highest BCUT2D eigenvalue weighted by molar-refractivity contribution is 6.10. The van der Waals surface area contributed by atoms with Gasteiger partial charge in [0.2, 0.25) is 5.91 Å². The standard InChI is InChI=1S/C42H42N4O3/c1-2-23-22-44-34(20-42-31-8-4-5-9-32(31)45-37(48)12-11-25(38(42)45)26(23)19-36(42)44)29-17-28-27-18-35-41(14-15-43(35)21-24(27)13-16-47)30-7-3-6-10-33(30)46(39(28)41)40(29)49/h2-11,13,17,26-28,34-36,38-39,47H,12,14-16,18-22H2,1H3/b23-2+,24-13?/t26-,27-,28-,34+,35-,36-,38-,39-,41+,42+/m0/s1. The maximum absolute atomic E-state index is 15.5. The van der Waals surface area contributed by atoms with Gasteiger partial charge in [-0.1, -0.05) is 71.8 Å². The molecule has 49 heavy (non-hydrogen) atoms. The Kier molecular flexibility index (Phi) is 5.20. The van der Waals surface area contributed by atoms with Crippen molar-refractivity contribution in [2.75, 3.05) is 36.0 Å². The number of para-hydroxylation sites is 2. The van der Waals surface area contributed by atoms with Gasteiger partial charge in [0, 0.05) is 77.2 Å². The predicted octanol–water partition coefficient (Wildman–Crippen LogP) is 4.63. The second-order valence-electron chi connectivity index (χ2n) is 16.6. The zero-order valence-corrected chi connectivity index (χ0v) is 28.0. The van der Waals surface area contributed by atoms with E-state index in [-0.39, 0.29) is 59.3 Å². The highest BCUT2D eigenvalue weighted by Crippen LogP contribution is 2.68. The van der Waals surface area contributed by atoms with Crippen molar-refractivity contribution in [1.82, 2.24) is 9.80 Å². The Labute approximate surface area is 287 Å². The summed E-state index contributed by atoms with van der Waals surface area (Å²) in [6.07, 6.45) is 13.7. The summed E-state index contributed by atoms with van der Waals surface area (Å²) < 4.78 is 0. The van der Waals surface area contributed by atoms with Gasteiger partial charge in [0.1, 0.15) is 0 Å². The fourth-order valence-electron chi connectivity index (χ4n) is 14.1. The molecule has 7 heteroatoms. The van der Waals surface area contributed by atoms with E-state index in [1.165, 1.54) is 27.8 Å². The quantitative estimate of drug-likeness (QED) is 0.481. The maximum atomic E-state index is 15.5. The second kappa shape index (κ2) is 9.11. The lowest BCUT2D eigenvalue weighted by molar-refractivity contribution is -0.119. The predicted molar refractivity (Wildman–Crippen MR) is 187 cm³/mol. The van der Waals surface area contributed by atoms with Gasteiger partial charge in [0.05, 0.1) is 18.7 Å². The van der Waals surface area contributed by atoms with Gasteiger partial charge in [-0.25, -0.2) is 0 Å². The van der Waals surface area contributed by atoms with Gasteiger partial charge in [0.25, 0.3) is 5.91 Å². The first kappa shape index (κ1) is 28.0. The third kappa shape index (κ3) is 2.96. The molecule has 2 aromatic rings. The lowest BCUT2D eigenvalue weighted by Crippen LogP contribution is -2.66. The largest absolute Gasteiger partial charge is 0.392 e. The van der Waals surface area contributed by atoms with Gasteiger partial charge in [-0.3, -0.25) is 19.4 Å². The van der Waals surface area contributed by atoms with Crippen LogP contribution in [-0.4, -0.2) is 83.2 Å². The van der Waals surface area contributed by atoms with E-state index in [2.05, 4.69) is 99.4 Å². The number of anilines is 2. The number of carbonyl (C=O) groups excluding carboxylic acids is 2. The molecular weight excluding hydrogens is 608 g/mol. The molecule has 2 aliphatic carbocycles. The molecule has 248 valence electrons. The number of allylic oxidation sites excluding steroid dienone is 1. The fraction of sp³-hybridized carbons (Fsp3) is 0.476. The van der Waals surface area contributed by atoms with Gasteiger partial charge in [0.15, 0.2) is 0 Å². The zero-order chi connectivity index (χ0) is 32.6. The number of hydrogen-bond acceptors (Lipinski definition) is 5. The SMILES string of the molecule is C/C=C1\CN2[C@@H](C3=C[C@@H]4[C@@H]5N(C3=O)c3ccccc3[C@@]53CCN5CC(=CCO)[C@@H]4C[C@H]53)C[C@@]34c5ccccc5N5C(=O)CC=C([C@H]1C[C@H]23)[C@H]54. The van der Waals surface area contributed by atoms with Gasteiger partial charge in [-0.15, -0.1) is 0 Å². The van der Waals surface area contributed by atoms with Crippen molar-refractivity contribution in [2.45, 2.75) is 80.1 Å². The first-order chi connectivity index (χ1) is 24.0. The van der Waals surface area contributed by atoms with Crippen molar-refractivity contribution in [3.8, 4) is 0 Å². The van der Waals surface area contributed by atoms with E-state index in [0.29, 0.717) is 24.3 Å². The molecule has 7 nitrogen and oxygen atoms in total. The Morgan fingerprint density at radius 2 is 1.69 bits per heavy atom. The minimum Gasteiger partial charge on any atom is -0.392 e. The van der Waals surface area contributed by atoms with Crippen LogP contribution >= 0.6 is 0 Å². The van der Waals surface area contributed by atoms with Crippen LogP contribution in [0.15, 0.2) is 95.1 Å². The van der Waals surface area contributed by atoms with E-state index in [9.17, 15) is 9.90 Å². The molecule has 12 rings (SSSR count). The molecule has 0 radical (unpaired) electrons. The zero-order valence-electron chi connectivity index (χ0n) is 28.0. The van der Waals surface area contributed by atoms with Crippen molar-refractivity contribution < 1.29 is 14.7 Å². The number of fused-ring (bicyclic) bond motifs is 8. The molecule has 2 amide bonds. The Balaban J connectivity index is 1.07. The molecule has 4 bridgehead atoms. The second-order valence-corrected chi connectivity index (χ2v) is 16.6. The molecule has 10 atom stereocenters. The average molecular weight is 651 g/mol. The fourth-order valence-corrected chi connectivity index (χ4v) is 14.1. The lowest BCUT2D eigenvalue weighted by atomic mass is 9.54. The smallest absolute Gasteiger partial charge is 0.255 e. The van der Waals surface area contributed by atoms with Crippen LogP contribution in [0.25, 0.3) is 0 Å². The van der Waals surface area contributed by atoms with Crippen molar-refractivity contribution in [3.63, 3.8) is 0 Å². The van der Waals surface area contributed by atoms with E-state index < -0.39 is 0 Å². The Morgan fingerprint density at radius 3 is 2.49 bits per heavy atom. The van der Waals surface area contributed by atoms with Crippen LogP contribution in [0.1, 0.15) is 50.2 Å². The van der Waals surface area contributed by atoms with Crippen LogP contribution in [0, 0.1) is 17.8 Å². The molecule has 2 saturated carbocycles. The van der Waals surface area contributed by atoms with E-state index in [0.717, 1.165) is 62.3 Å². The van der Waals surface area contributed by atoms with E-state index in [1.54, 1.807) is 0 Å². The first-order valence-electron chi connectivity index (χ1n) is 18.7. The van der Waals surface area contributed by atoms with Gasteiger partial charge >= 0.3 is 0 Å². The molecule has 8 heterocycles. The van der Waals surface area contributed by atoms with Crippen molar-refractivity contribution in [2.24, 2.45) is 17.8 Å². The van der Waals surface area contributed by atoms with Crippen molar-refractivity contribution in [3.05, 3.63) is 106 Å². The summed E-state index contributed by atoms with van der Waals surface area (Å²) in [6.45, 7) is 5.07. The molecule has 1 N–H and O–H groups in total. The van der Waals surface area contributed by atoms with Crippen molar-refractivity contribution >= 4 is 23.2 Å². The number of aliphatic hydroxyl groups excluding tert-OH is 1. The summed E-state index contributed by atoms with van der Waals surface area (Å²) >= 11 is 0. The molecule has 0 unspecified atom stereocenters. The van der Waals surface area contributed by atoms with Crippen LogP contribution in [0.3, 0.4) is 0 Å². The topological polar surface area (TPSA) is 67.3 Å². The number of rotatable bonds is 2. The minimum atomic E-state index is -0.239. The Bertz CT molecular complexity index is 2050. The number of aliphatic hydroxyl groups is 1. The van der Waals surface area contributed by atoms with Gasteiger partial charge in [-0.2, -0.15) is 0 Å². The third-order valence-electron chi connectivity index (χ3n) is 15.5. The molecule has 0 aromatic heterocycles. The molecule has 8 aliphatic heterocycles. The number of amides is 2. The molecule has 4 saturated heterocycles. The molecule has 2 aromatic carbocycles. The number of nitrogens with zero attached hydrogens (tertiary/aromatic N) is 4. The summed E-state index contributed by atoms with van der Waals surface area (Å²) in [5.41, 5.74) is 9.80. The highest BCUT2D eigenvalue weighted by atomic mass is 16.2. The molecule has 6 fully saturated rings. The summed E-state index contributed by atoms with van der Waals surface area (Å²) in [4.78, 5) is 39.1. The molecular formula is C42H42N4O3. The molecule has 10 aliphatic rings. The lowest BCUT2D eigenvalue weighted by Gasteiger charge is -2.57. The summed E-state index contributed by atoms with van der Waals surface area (Å²) in [5.74, 6) is 1.27. The van der Waals surface area contributed by atoms with E-state index in [1.807, 2.05) is 0 Å².